The second-order valence-corrected chi connectivity index (χ2v) is 13.3. The molecule has 2 aromatic carbocycles. The third kappa shape index (κ3) is 6.55. The van der Waals surface area contributed by atoms with Crippen molar-refractivity contribution in [2.75, 3.05) is 13.0 Å². The first-order chi connectivity index (χ1) is 18.7. The number of hydrogen-bond acceptors (Lipinski definition) is 6. The van der Waals surface area contributed by atoms with E-state index in [9.17, 15) is 10.00 Å². The number of hydrogen-bond donors (Lipinski definition) is 2. The van der Waals surface area contributed by atoms with E-state index in [-0.39, 0.29) is 29.9 Å². The molecule has 1 unspecified atom stereocenters. The van der Waals surface area contributed by atoms with Crippen LogP contribution in [0.5, 0.6) is 11.5 Å². The van der Waals surface area contributed by atoms with Crippen LogP contribution < -0.4 is 4.74 Å². The average Bonchev–Trinajstić information content (AvgIpc) is 2.94. The molecule has 2 heterocycles. The molecule has 2 fully saturated rings. The van der Waals surface area contributed by atoms with E-state index in [1.807, 2.05) is 19.1 Å². The molecule has 6 nitrogen and oxygen atoms in total. The van der Waals surface area contributed by atoms with Gasteiger partial charge in [0.1, 0.15) is 0 Å². The molecule has 2 N–H and O–H groups in total. The molecule has 0 spiro atoms. The molecule has 1 aliphatic carbocycles. The summed E-state index contributed by atoms with van der Waals surface area (Å²) in [5.41, 5.74) is 4.56. The summed E-state index contributed by atoms with van der Waals surface area (Å²) in [4.78, 5) is 15.9. The molecular formula is C30H36ClFNO5P. The third-order valence-electron chi connectivity index (χ3n) is 7.80. The van der Waals surface area contributed by atoms with Crippen LogP contribution in [-0.4, -0.2) is 27.9 Å². The molecule has 0 radical (unpaired) electrons. The Kier molecular flexibility index (Phi) is 8.75. The summed E-state index contributed by atoms with van der Waals surface area (Å²) in [6.07, 6.45) is 5.98. The molecule has 0 amide bonds. The average molecular weight is 576 g/mol. The SMILES string of the molecule is Cc1cc(OC[PH]2(O)OCCC(c3cccc(Cl)c3)O2)c(F)c(C)c1Cc1ccc(O)c(C2CCCCC2)n1. The van der Waals surface area contributed by atoms with Crippen molar-refractivity contribution < 1.29 is 28.2 Å². The van der Waals surface area contributed by atoms with Crippen molar-refractivity contribution in [3.8, 4) is 11.5 Å². The molecule has 2 aliphatic rings. The zero-order chi connectivity index (χ0) is 27.6. The molecule has 1 atom stereocenters. The summed E-state index contributed by atoms with van der Waals surface area (Å²) in [7, 11) is -3.71. The molecule has 1 saturated heterocycles. The van der Waals surface area contributed by atoms with Crippen molar-refractivity contribution in [2.45, 2.75) is 70.8 Å². The van der Waals surface area contributed by atoms with Crippen LogP contribution in [-0.2, 0) is 15.5 Å². The standard InChI is InChI=1S/C30H36ClFNO5P/c1-19-15-28(36-18-39(35)37-14-13-27(38-39)22-9-6-10-23(31)16-22)29(32)20(2)25(19)17-24-11-12-26(34)30(33-24)21-7-4-3-5-8-21/h6,9-12,15-16,21,27,34-35,39H,3-5,7-8,13-14,17-18H2,1-2H3. The van der Waals surface area contributed by atoms with Crippen LogP contribution in [0.25, 0.3) is 0 Å². The van der Waals surface area contributed by atoms with E-state index < -0.39 is 13.8 Å². The number of benzene rings is 2. The van der Waals surface area contributed by atoms with Gasteiger partial charge in [-0.1, -0.05) is 19.3 Å². The Labute approximate surface area is 234 Å². The maximum absolute atomic E-state index is 15.5. The molecule has 0 bridgehead atoms. The molecule has 39 heavy (non-hydrogen) atoms. The first-order valence-corrected chi connectivity index (χ1v) is 16.0. The van der Waals surface area contributed by atoms with Gasteiger partial charge in [0.15, 0.2) is 0 Å². The molecule has 210 valence electrons. The second-order valence-electron chi connectivity index (χ2n) is 10.6. The van der Waals surface area contributed by atoms with E-state index >= 15 is 4.39 Å². The van der Waals surface area contributed by atoms with E-state index in [1.54, 1.807) is 37.3 Å². The van der Waals surface area contributed by atoms with E-state index in [0.29, 0.717) is 30.0 Å². The maximum atomic E-state index is 15.5. The normalized spacial score (nSPS) is 20.5. The molecule has 5 rings (SSSR count). The fourth-order valence-electron chi connectivity index (χ4n) is 5.63. The Morgan fingerprint density at radius 1 is 1.10 bits per heavy atom. The number of aromatic hydroxyl groups is 1. The fraction of sp³-hybridized carbons (Fsp3) is 0.433. The van der Waals surface area contributed by atoms with E-state index in [1.165, 1.54) is 6.42 Å². The summed E-state index contributed by atoms with van der Waals surface area (Å²) in [5, 5.41) is 11.0. The molecule has 3 aromatic rings. The van der Waals surface area contributed by atoms with Gasteiger partial charge in [-0.3, -0.25) is 0 Å². The van der Waals surface area contributed by atoms with E-state index in [0.717, 1.165) is 53.8 Å². The fourth-order valence-corrected chi connectivity index (χ4v) is 7.52. The van der Waals surface area contributed by atoms with Crippen molar-refractivity contribution in [1.82, 2.24) is 4.98 Å². The van der Waals surface area contributed by atoms with E-state index in [2.05, 4.69) is 0 Å². The van der Waals surface area contributed by atoms with Gasteiger partial charge in [-0.15, -0.1) is 0 Å². The van der Waals surface area contributed by atoms with Gasteiger partial charge in [-0.05, 0) is 0 Å². The van der Waals surface area contributed by atoms with Crippen LogP contribution in [0.1, 0.15) is 84.2 Å². The van der Waals surface area contributed by atoms with Crippen LogP contribution in [0.4, 0.5) is 4.39 Å². The number of ether oxygens (including phenoxy) is 1. The van der Waals surface area contributed by atoms with Gasteiger partial charge in [-0.25, -0.2) is 0 Å². The van der Waals surface area contributed by atoms with Crippen LogP contribution in [0.15, 0.2) is 42.5 Å². The Hall–Kier alpha value is -2.28. The zero-order valence-electron chi connectivity index (χ0n) is 22.4. The van der Waals surface area contributed by atoms with Crippen LogP contribution in [0, 0.1) is 19.7 Å². The summed E-state index contributed by atoms with van der Waals surface area (Å²) in [6, 6.07) is 12.5. The summed E-state index contributed by atoms with van der Waals surface area (Å²) >= 11 is 6.12. The minimum atomic E-state index is -3.71. The summed E-state index contributed by atoms with van der Waals surface area (Å²) in [5.74, 6) is 0.0712. The number of pyridine rings is 1. The second kappa shape index (κ2) is 12.1. The van der Waals surface area contributed by atoms with E-state index in [4.69, 9.17) is 30.4 Å². The van der Waals surface area contributed by atoms with Gasteiger partial charge in [0.25, 0.3) is 0 Å². The summed E-state index contributed by atoms with van der Waals surface area (Å²) in [6.45, 7) is 3.94. The summed E-state index contributed by atoms with van der Waals surface area (Å²) < 4.78 is 32.8. The van der Waals surface area contributed by atoms with Crippen LogP contribution >= 0.6 is 19.5 Å². The van der Waals surface area contributed by atoms with Gasteiger partial charge in [-0.2, -0.15) is 0 Å². The van der Waals surface area contributed by atoms with Gasteiger partial charge in [0.2, 0.25) is 0 Å². The van der Waals surface area contributed by atoms with Gasteiger partial charge in [0.05, 0.1) is 0 Å². The number of halogens is 2. The van der Waals surface area contributed by atoms with Crippen molar-refractivity contribution in [3.63, 3.8) is 0 Å². The predicted octanol–water partition coefficient (Wildman–Crippen LogP) is 7.84. The monoisotopic (exact) mass is 575 g/mol. The molecule has 1 aliphatic heterocycles. The minimum absolute atomic E-state index is 0.0494. The number of rotatable bonds is 7. The molecule has 9 heteroatoms. The Morgan fingerprint density at radius 3 is 2.67 bits per heavy atom. The van der Waals surface area contributed by atoms with Crippen molar-refractivity contribution in [3.05, 3.63) is 86.9 Å². The van der Waals surface area contributed by atoms with Crippen molar-refractivity contribution in [1.29, 1.82) is 0 Å². The Morgan fingerprint density at radius 2 is 1.90 bits per heavy atom. The molecule has 1 saturated carbocycles. The zero-order valence-corrected chi connectivity index (χ0v) is 24.1. The number of aromatic nitrogens is 1. The number of aryl methyl sites for hydroxylation is 1. The Balaban J connectivity index is 1.30. The van der Waals surface area contributed by atoms with Gasteiger partial charge < -0.3 is 0 Å². The predicted molar refractivity (Wildman–Crippen MR) is 152 cm³/mol. The first-order valence-electron chi connectivity index (χ1n) is 13.6. The quantitative estimate of drug-likeness (QED) is 0.279. The Bertz CT molecular complexity index is 1330. The topological polar surface area (TPSA) is 81.0 Å². The molecular weight excluding hydrogens is 540 g/mol. The van der Waals surface area contributed by atoms with Crippen LogP contribution in [0.3, 0.4) is 0 Å². The van der Waals surface area contributed by atoms with Gasteiger partial charge >= 0.3 is 216 Å². The van der Waals surface area contributed by atoms with Gasteiger partial charge in [0, 0.05) is 0 Å². The van der Waals surface area contributed by atoms with Crippen molar-refractivity contribution in [2.24, 2.45) is 0 Å². The molecule has 1 aromatic heterocycles. The first kappa shape index (κ1) is 28.3. The van der Waals surface area contributed by atoms with Crippen molar-refractivity contribution >= 4 is 19.5 Å². The van der Waals surface area contributed by atoms with Crippen LogP contribution in [0.2, 0.25) is 5.02 Å². The third-order valence-corrected chi connectivity index (χ3v) is 9.85. The number of nitrogens with zero attached hydrogens (tertiary/aromatic N) is 1.